The van der Waals surface area contributed by atoms with Gasteiger partial charge in [0.1, 0.15) is 5.58 Å². The lowest BCUT2D eigenvalue weighted by Crippen LogP contribution is -2.39. The quantitative estimate of drug-likeness (QED) is 0.786. The van der Waals surface area contributed by atoms with Crippen molar-refractivity contribution in [3.8, 4) is 0 Å². The Morgan fingerprint density at radius 3 is 2.44 bits per heavy atom. The Balaban J connectivity index is 1.42. The number of aliphatic hydroxyl groups is 1. The number of furan rings is 1. The van der Waals surface area contributed by atoms with E-state index in [-0.39, 0.29) is 11.8 Å². The Labute approximate surface area is 146 Å². The molecular weight excluding hydrogens is 314 g/mol. The second-order valence-corrected chi connectivity index (χ2v) is 6.63. The summed E-state index contributed by atoms with van der Waals surface area (Å²) >= 11 is 0. The van der Waals surface area contributed by atoms with Crippen LogP contribution in [0.2, 0.25) is 0 Å². The predicted molar refractivity (Wildman–Crippen MR) is 96.2 cm³/mol. The second-order valence-electron chi connectivity index (χ2n) is 6.63. The Hall–Kier alpha value is -2.59. The van der Waals surface area contributed by atoms with E-state index < -0.39 is 6.10 Å². The molecule has 4 rings (SSSR count). The standard InChI is InChI=1S/C21H21NO3/c23-20(15-6-2-1-3-7-15)16-10-12-22(13-11-16)21(24)19-14-17-8-4-5-9-18(17)25-19/h1-9,14,16,20,23H,10-13H2. The SMILES string of the molecule is O=C(c1cc2ccccc2o1)N1CCC(C(O)c2ccccc2)CC1. The minimum atomic E-state index is -0.468. The van der Waals surface area contributed by atoms with Gasteiger partial charge in [0.15, 0.2) is 5.76 Å². The van der Waals surface area contributed by atoms with Gasteiger partial charge in [-0.2, -0.15) is 0 Å². The number of para-hydroxylation sites is 1. The number of fused-ring (bicyclic) bond motifs is 1. The highest BCUT2D eigenvalue weighted by molar-refractivity contribution is 5.96. The first kappa shape index (κ1) is 15.9. The van der Waals surface area contributed by atoms with E-state index in [2.05, 4.69) is 0 Å². The number of likely N-dealkylation sites (tertiary alicyclic amines) is 1. The van der Waals surface area contributed by atoms with Gasteiger partial charge in [0.2, 0.25) is 0 Å². The average molecular weight is 335 g/mol. The number of benzene rings is 2. The number of nitrogens with zero attached hydrogens (tertiary/aromatic N) is 1. The van der Waals surface area contributed by atoms with Crippen molar-refractivity contribution in [2.45, 2.75) is 18.9 Å². The van der Waals surface area contributed by atoms with Crippen molar-refractivity contribution < 1.29 is 14.3 Å². The maximum atomic E-state index is 12.7. The summed E-state index contributed by atoms with van der Waals surface area (Å²) in [4.78, 5) is 14.5. The van der Waals surface area contributed by atoms with E-state index in [0.29, 0.717) is 18.8 Å². The third-order valence-electron chi connectivity index (χ3n) is 5.05. The summed E-state index contributed by atoms with van der Waals surface area (Å²) in [7, 11) is 0. The monoisotopic (exact) mass is 335 g/mol. The lowest BCUT2D eigenvalue weighted by molar-refractivity contribution is 0.0444. The van der Waals surface area contributed by atoms with Gasteiger partial charge in [0.05, 0.1) is 6.10 Å². The van der Waals surface area contributed by atoms with Crippen LogP contribution < -0.4 is 0 Å². The summed E-state index contributed by atoms with van der Waals surface area (Å²) in [5, 5.41) is 11.5. The zero-order valence-electron chi connectivity index (χ0n) is 14.0. The average Bonchev–Trinajstić information content (AvgIpc) is 3.12. The van der Waals surface area contributed by atoms with Crippen molar-refractivity contribution in [2.24, 2.45) is 5.92 Å². The topological polar surface area (TPSA) is 53.7 Å². The Morgan fingerprint density at radius 2 is 1.72 bits per heavy atom. The van der Waals surface area contributed by atoms with Crippen LogP contribution in [0.15, 0.2) is 65.1 Å². The maximum absolute atomic E-state index is 12.7. The highest BCUT2D eigenvalue weighted by Gasteiger charge is 2.29. The van der Waals surface area contributed by atoms with Gasteiger partial charge in [0, 0.05) is 18.5 Å². The molecule has 3 aromatic rings. The molecule has 1 aromatic heterocycles. The van der Waals surface area contributed by atoms with Crippen molar-refractivity contribution in [2.75, 3.05) is 13.1 Å². The first-order chi connectivity index (χ1) is 12.2. The van der Waals surface area contributed by atoms with Crippen LogP contribution in [0.1, 0.15) is 35.1 Å². The molecule has 1 aliphatic heterocycles. The van der Waals surface area contributed by atoms with E-state index in [1.54, 1.807) is 0 Å². The fraction of sp³-hybridized carbons (Fsp3) is 0.286. The molecule has 1 unspecified atom stereocenters. The normalized spacial score (nSPS) is 16.9. The third kappa shape index (κ3) is 3.17. The fourth-order valence-electron chi connectivity index (χ4n) is 3.58. The van der Waals surface area contributed by atoms with Crippen LogP contribution >= 0.6 is 0 Å². The van der Waals surface area contributed by atoms with E-state index in [1.165, 1.54) is 0 Å². The van der Waals surface area contributed by atoms with E-state index in [4.69, 9.17) is 4.42 Å². The molecule has 1 aliphatic rings. The Bertz CT molecular complexity index is 830. The number of rotatable bonds is 3. The first-order valence-corrected chi connectivity index (χ1v) is 8.73. The predicted octanol–water partition coefficient (Wildman–Crippen LogP) is 4.02. The third-order valence-corrected chi connectivity index (χ3v) is 5.05. The first-order valence-electron chi connectivity index (χ1n) is 8.73. The van der Waals surface area contributed by atoms with Gasteiger partial charge in [-0.05, 0) is 36.5 Å². The van der Waals surface area contributed by atoms with Crippen molar-refractivity contribution >= 4 is 16.9 Å². The van der Waals surface area contributed by atoms with Crippen LogP contribution in [0.3, 0.4) is 0 Å². The summed E-state index contributed by atoms with van der Waals surface area (Å²) in [6.07, 6.45) is 1.12. The molecule has 1 amide bonds. The molecule has 0 spiro atoms. The lowest BCUT2D eigenvalue weighted by Gasteiger charge is -2.34. The van der Waals surface area contributed by atoms with Gasteiger partial charge in [-0.1, -0.05) is 48.5 Å². The highest BCUT2D eigenvalue weighted by Crippen LogP contribution is 2.31. The molecule has 0 aliphatic carbocycles. The summed E-state index contributed by atoms with van der Waals surface area (Å²) in [6.45, 7) is 1.29. The van der Waals surface area contributed by atoms with Crippen LogP contribution in [0.5, 0.6) is 0 Å². The molecule has 1 saturated heterocycles. The maximum Gasteiger partial charge on any atom is 0.289 e. The smallest absolute Gasteiger partial charge is 0.289 e. The zero-order chi connectivity index (χ0) is 17.2. The molecule has 1 N–H and O–H groups in total. The second kappa shape index (κ2) is 6.73. The van der Waals surface area contributed by atoms with Crippen LogP contribution in [0.25, 0.3) is 11.0 Å². The number of carbonyl (C=O) groups is 1. The molecule has 0 saturated carbocycles. The molecular formula is C21H21NO3. The van der Waals surface area contributed by atoms with E-state index in [1.807, 2.05) is 65.6 Å². The number of piperidine rings is 1. The van der Waals surface area contributed by atoms with Gasteiger partial charge < -0.3 is 14.4 Å². The van der Waals surface area contributed by atoms with Crippen molar-refractivity contribution in [1.82, 2.24) is 4.90 Å². The molecule has 1 atom stereocenters. The minimum Gasteiger partial charge on any atom is -0.451 e. The Morgan fingerprint density at radius 1 is 1.04 bits per heavy atom. The van der Waals surface area contributed by atoms with Gasteiger partial charge in [-0.25, -0.2) is 0 Å². The van der Waals surface area contributed by atoms with Crippen molar-refractivity contribution in [3.63, 3.8) is 0 Å². The largest absolute Gasteiger partial charge is 0.451 e. The number of hydrogen-bond donors (Lipinski definition) is 1. The molecule has 128 valence electrons. The molecule has 0 bridgehead atoms. The van der Waals surface area contributed by atoms with E-state index >= 15 is 0 Å². The van der Waals surface area contributed by atoms with Gasteiger partial charge in [0.25, 0.3) is 5.91 Å². The molecule has 4 heteroatoms. The van der Waals surface area contributed by atoms with Crippen LogP contribution in [0.4, 0.5) is 0 Å². The number of carbonyl (C=O) groups excluding carboxylic acids is 1. The van der Waals surface area contributed by atoms with Gasteiger partial charge in [-0.15, -0.1) is 0 Å². The Kier molecular flexibility index (Phi) is 4.28. The summed E-state index contributed by atoms with van der Waals surface area (Å²) in [5.41, 5.74) is 1.68. The van der Waals surface area contributed by atoms with Crippen LogP contribution in [0, 0.1) is 5.92 Å². The molecule has 4 nitrogen and oxygen atoms in total. The zero-order valence-corrected chi connectivity index (χ0v) is 14.0. The molecule has 25 heavy (non-hydrogen) atoms. The minimum absolute atomic E-state index is 0.0659. The molecule has 2 aromatic carbocycles. The van der Waals surface area contributed by atoms with E-state index in [9.17, 15) is 9.90 Å². The lowest BCUT2D eigenvalue weighted by atomic mass is 9.87. The molecule has 0 radical (unpaired) electrons. The summed E-state index contributed by atoms with van der Waals surface area (Å²) in [5.74, 6) is 0.509. The van der Waals surface area contributed by atoms with Crippen LogP contribution in [-0.4, -0.2) is 29.0 Å². The number of hydrogen-bond acceptors (Lipinski definition) is 3. The molecule has 2 heterocycles. The molecule has 1 fully saturated rings. The number of amides is 1. The van der Waals surface area contributed by atoms with Gasteiger partial charge in [-0.3, -0.25) is 4.79 Å². The highest BCUT2D eigenvalue weighted by atomic mass is 16.3. The number of aliphatic hydroxyl groups excluding tert-OH is 1. The summed E-state index contributed by atoms with van der Waals surface area (Å²) in [6, 6.07) is 19.2. The van der Waals surface area contributed by atoms with Crippen molar-refractivity contribution in [1.29, 1.82) is 0 Å². The summed E-state index contributed by atoms with van der Waals surface area (Å²) < 4.78 is 5.69. The van der Waals surface area contributed by atoms with Gasteiger partial charge >= 0.3 is 0 Å². The van der Waals surface area contributed by atoms with Crippen LogP contribution in [-0.2, 0) is 0 Å². The van der Waals surface area contributed by atoms with Crippen molar-refractivity contribution in [3.05, 3.63) is 72.0 Å². The van der Waals surface area contributed by atoms with E-state index in [0.717, 1.165) is 29.4 Å². The fourth-order valence-corrected chi connectivity index (χ4v) is 3.58.